The summed E-state index contributed by atoms with van der Waals surface area (Å²) >= 11 is 0. The van der Waals surface area contributed by atoms with Crippen molar-refractivity contribution in [1.82, 2.24) is 4.98 Å². The SMILES string of the molecule is O=C(c1ccc(O)cc1O)N(Cc1ccccc1)c1ccc(-c2nc3ccccc3cc2CO)cc1. The molecule has 0 aliphatic rings. The number of pyridine rings is 1. The van der Waals surface area contributed by atoms with Crippen molar-refractivity contribution in [2.45, 2.75) is 13.2 Å². The molecule has 0 aliphatic heterocycles. The number of carbonyl (C=O) groups is 1. The van der Waals surface area contributed by atoms with Crippen LogP contribution in [0.1, 0.15) is 21.5 Å². The summed E-state index contributed by atoms with van der Waals surface area (Å²) in [6, 6.07) is 30.6. The molecule has 5 rings (SSSR count). The second-order valence-corrected chi connectivity index (χ2v) is 8.47. The Morgan fingerprint density at radius 3 is 2.25 bits per heavy atom. The Kier molecular flexibility index (Phi) is 6.34. The maximum Gasteiger partial charge on any atom is 0.262 e. The number of amides is 1. The molecule has 3 N–H and O–H groups in total. The van der Waals surface area contributed by atoms with Gasteiger partial charge in [-0.25, -0.2) is 4.98 Å². The zero-order chi connectivity index (χ0) is 25.1. The number of phenols is 2. The van der Waals surface area contributed by atoms with Crippen LogP contribution in [0.2, 0.25) is 0 Å². The van der Waals surface area contributed by atoms with Crippen LogP contribution in [0, 0.1) is 0 Å². The van der Waals surface area contributed by atoms with Gasteiger partial charge in [-0.3, -0.25) is 4.79 Å². The monoisotopic (exact) mass is 476 g/mol. The van der Waals surface area contributed by atoms with Crippen molar-refractivity contribution in [3.8, 4) is 22.8 Å². The summed E-state index contributed by atoms with van der Waals surface area (Å²) in [5.41, 5.74) is 4.68. The first-order valence-corrected chi connectivity index (χ1v) is 11.5. The van der Waals surface area contributed by atoms with E-state index in [1.807, 2.05) is 84.9 Å². The molecule has 0 aliphatic carbocycles. The second kappa shape index (κ2) is 9.90. The summed E-state index contributed by atoms with van der Waals surface area (Å²) in [5, 5.41) is 30.9. The Labute approximate surface area is 208 Å². The molecule has 0 radical (unpaired) electrons. The zero-order valence-corrected chi connectivity index (χ0v) is 19.4. The van der Waals surface area contributed by atoms with E-state index in [9.17, 15) is 20.1 Å². The quantitative estimate of drug-likeness (QED) is 0.294. The largest absolute Gasteiger partial charge is 0.508 e. The molecular formula is C30H24N2O4. The molecule has 0 atom stereocenters. The highest BCUT2D eigenvalue weighted by molar-refractivity contribution is 6.08. The molecule has 0 saturated heterocycles. The molecule has 1 heterocycles. The lowest BCUT2D eigenvalue weighted by Gasteiger charge is -2.24. The third kappa shape index (κ3) is 4.62. The van der Waals surface area contributed by atoms with E-state index in [-0.39, 0.29) is 30.2 Å². The molecule has 36 heavy (non-hydrogen) atoms. The number of benzene rings is 4. The molecule has 4 aromatic carbocycles. The van der Waals surface area contributed by atoms with Crippen LogP contribution in [0.4, 0.5) is 5.69 Å². The topological polar surface area (TPSA) is 93.9 Å². The molecule has 6 nitrogen and oxygen atoms in total. The number of hydrogen-bond acceptors (Lipinski definition) is 5. The Hall–Kier alpha value is -4.68. The number of anilines is 1. The summed E-state index contributed by atoms with van der Waals surface area (Å²) < 4.78 is 0. The van der Waals surface area contributed by atoms with Crippen molar-refractivity contribution in [2.24, 2.45) is 0 Å². The third-order valence-electron chi connectivity index (χ3n) is 6.07. The lowest BCUT2D eigenvalue weighted by molar-refractivity contribution is 0.0982. The molecule has 0 unspecified atom stereocenters. The molecule has 1 amide bonds. The fraction of sp³-hybridized carbons (Fsp3) is 0.0667. The van der Waals surface area contributed by atoms with Crippen LogP contribution >= 0.6 is 0 Å². The number of rotatable bonds is 6. The molecule has 1 aromatic heterocycles. The van der Waals surface area contributed by atoms with Crippen LogP contribution in [-0.2, 0) is 13.2 Å². The highest BCUT2D eigenvalue weighted by Crippen LogP contribution is 2.31. The number of phenolic OH excluding ortho intramolecular Hbond substituents is 2. The van der Waals surface area contributed by atoms with Crippen LogP contribution in [0.15, 0.2) is 103 Å². The summed E-state index contributed by atoms with van der Waals surface area (Å²) in [7, 11) is 0. The number of hydrogen-bond donors (Lipinski definition) is 3. The first kappa shape index (κ1) is 23.1. The molecule has 0 spiro atoms. The Bertz CT molecular complexity index is 1530. The second-order valence-electron chi connectivity index (χ2n) is 8.47. The number of carbonyl (C=O) groups excluding carboxylic acids is 1. The lowest BCUT2D eigenvalue weighted by Crippen LogP contribution is -2.30. The molecular weight excluding hydrogens is 452 g/mol. The van der Waals surface area contributed by atoms with Crippen LogP contribution < -0.4 is 4.90 Å². The summed E-state index contributed by atoms with van der Waals surface area (Å²) in [6.45, 7) is 0.142. The maximum atomic E-state index is 13.5. The first-order valence-electron chi connectivity index (χ1n) is 11.5. The smallest absolute Gasteiger partial charge is 0.262 e. The van der Waals surface area contributed by atoms with E-state index in [2.05, 4.69) is 0 Å². The van der Waals surface area contributed by atoms with Crippen molar-refractivity contribution < 1.29 is 20.1 Å². The average Bonchev–Trinajstić information content (AvgIpc) is 2.91. The fourth-order valence-corrected chi connectivity index (χ4v) is 4.22. The number of para-hydroxylation sites is 1. The Morgan fingerprint density at radius 1 is 0.806 bits per heavy atom. The van der Waals surface area contributed by atoms with Gasteiger partial charge in [0.05, 0.1) is 29.9 Å². The van der Waals surface area contributed by atoms with Crippen molar-refractivity contribution >= 4 is 22.5 Å². The van der Waals surface area contributed by atoms with E-state index in [0.717, 1.165) is 28.1 Å². The first-order chi connectivity index (χ1) is 17.5. The predicted octanol–water partition coefficient (Wildman–Crippen LogP) is 5.65. The van der Waals surface area contributed by atoms with Gasteiger partial charge in [0.1, 0.15) is 11.5 Å². The summed E-state index contributed by atoms with van der Waals surface area (Å²) in [6.07, 6.45) is 0. The highest BCUT2D eigenvalue weighted by atomic mass is 16.3. The van der Waals surface area contributed by atoms with E-state index in [1.54, 1.807) is 4.90 Å². The summed E-state index contributed by atoms with van der Waals surface area (Å²) in [4.78, 5) is 19.9. The third-order valence-corrected chi connectivity index (χ3v) is 6.07. The number of aromatic hydroxyl groups is 2. The molecule has 178 valence electrons. The van der Waals surface area contributed by atoms with Crippen LogP contribution in [0.5, 0.6) is 11.5 Å². The van der Waals surface area contributed by atoms with Gasteiger partial charge in [0.25, 0.3) is 5.91 Å². The number of aliphatic hydroxyl groups is 1. The Balaban J connectivity index is 1.54. The van der Waals surface area contributed by atoms with Crippen LogP contribution in [-0.4, -0.2) is 26.2 Å². The highest BCUT2D eigenvalue weighted by Gasteiger charge is 2.22. The van der Waals surface area contributed by atoms with Crippen molar-refractivity contribution in [2.75, 3.05) is 4.90 Å². The molecule has 6 heteroatoms. The number of nitrogens with zero attached hydrogens (tertiary/aromatic N) is 2. The zero-order valence-electron chi connectivity index (χ0n) is 19.4. The van der Waals surface area contributed by atoms with E-state index < -0.39 is 5.91 Å². The minimum absolute atomic E-state index is 0.0894. The van der Waals surface area contributed by atoms with E-state index >= 15 is 0 Å². The molecule has 0 saturated carbocycles. The normalized spacial score (nSPS) is 10.9. The predicted molar refractivity (Wildman–Crippen MR) is 140 cm³/mol. The van der Waals surface area contributed by atoms with Crippen molar-refractivity contribution in [1.29, 1.82) is 0 Å². The van der Waals surface area contributed by atoms with E-state index in [1.165, 1.54) is 12.1 Å². The fourth-order valence-electron chi connectivity index (χ4n) is 4.22. The standard InChI is InChI=1S/C30H24N2O4/c33-19-23-16-22-8-4-5-9-27(22)31-29(23)21-10-12-24(13-11-21)32(18-20-6-2-1-3-7-20)30(36)26-15-14-25(34)17-28(26)35/h1-17,33-35H,18-19H2. The van der Waals surface area contributed by atoms with E-state index in [4.69, 9.17) is 4.98 Å². The van der Waals surface area contributed by atoms with Crippen molar-refractivity contribution in [3.63, 3.8) is 0 Å². The van der Waals surface area contributed by atoms with Crippen molar-refractivity contribution in [3.05, 3.63) is 120 Å². The number of aromatic nitrogens is 1. The molecule has 0 bridgehead atoms. The van der Waals surface area contributed by atoms with Crippen LogP contribution in [0.25, 0.3) is 22.2 Å². The van der Waals surface area contributed by atoms with Gasteiger partial charge in [-0.15, -0.1) is 0 Å². The van der Waals surface area contributed by atoms with Gasteiger partial charge >= 0.3 is 0 Å². The van der Waals surface area contributed by atoms with Gasteiger partial charge in [-0.05, 0) is 42.0 Å². The molecule has 5 aromatic rings. The summed E-state index contributed by atoms with van der Waals surface area (Å²) in [5.74, 6) is -0.808. The van der Waals surface area contributed by atoms with Gasteiger partial charge in [0, 0.05) is 28.3 Å². The van der Waals surface area contributed by atoms with Crippen LogP contribution in [0.3, 0.4) is 0 Å². The van der Waals surface area contributed by atoms with Gasteiger partial charge in [-0.1, -0.05) is 60.7 Å². The average molecular weight is 477 g/mol. The minimum atomic E-state index is -0.399. The number of fused-ring (bicyclic) bond motifs is 1. The van der Waals surface area contributed by atoms with E-state index in [0.29, 0.717) is 16.9 Å². The van der Waals surface area contributed by atoms with Gasteiger partial charge < -0.3 is 20.2 Å². The minimum Gasteiger partial charge on any atom is -0.508 e. The number of aliphatic hydroxyl groups excluding tert-OH is 1. The maximum absolute atomic E-state index is 13.5. The van der Waals surface area contributed by atoms with Gasteiger partial charge in [0.15, 0.2) is 0 Å². The Morgan fingerprint density at radius 2 is 1.53 bits per heavy atom. The van der Waals surface area contributed by atoms with Gasteiger partial charge in [-0.2, -0.15) is 0 Å². The van der Waals surface area contributed by atoms with Gasteiger partial charge in [0.2, 0.25) is 0 Å². The lowest BCUT2D eigenvalue weighted by atomic mass is 10.0. The molecule has 0 fully saturated rings.